The minimum absolute atomic E-state index is 0.0182. The number of aromatic nitrogens is 2. The molecular formula is C23H23F3N4O3S2. The van der Waals surface area contributed by atoms with Gasteiger partial charge in [-0.3, -0.25) is 9.59 Å². The van der Waals surface area contributed by atoms with Crippen molar-refractivity contribution in [3.05, 3.63) is 46.3 Å². The van der Waals surface area contributed by atoms with Crippen LogP contribution in [0, 0.1) is 0 Å². The van der Waals surface area contributed by atoms with E-state index < -0.39 is 17.6 Å². The molecule has 1 aromatic carbocycles. The van der Waals surface area contributed by atoms with Crippen LogP contribution in [-0.2, 0) is 22.1 Å². The first-order valence-corrected chi connectivity index (χ1v) is 12.7. The standard InChI is InChI=1S/C23H23F3N4O3S2/c1-3-16-12-17-19(27-22(28-20(17)35-16)34-13-18(31)33-2)29-7-9-30(10-8-29)21(32)14-5-4-6-15(11-14)23(24,25)26/h4-6,11-12H,3,7-10,13H2,1-2H3. The van der Waals surface area contributed by atoms with Crippen LogP contribution in [0.4, 0.5) is 19.0 Å². The first-order chi connectivity index (χ1) is 16.7. The van der Waals surface area contributed by atoms with E-state index in [1.807, 2.05) is 4.90 Å². The van der Waals surface area contributed by atoms with Crippen LogP contribution in [0.15, 0.2) is 35.5 Å². The van der Waals surface area contributed by atoms with Gasteiger partial charge in [0.2, 0.25) is 0 Å². The third-order valence-electron chi connectivity index (χ3n) is 5.60. The summed E-state index contributed by atoms with van der Waals surface area (Å²) in [6.45, 7) is 3.68. The molecule has 1 aliphatic heterocycles. The van der Waals surface area contributed by atoms with Crippen molar-refractivity contribution in [3.8, 4) is 0 Å². The van der Waals surface area contributed by atoms with Crippen LogP contribution >= 0.6 is 23.1 Å². The van der Waals surface area contributed by atoms with Crippen LogP contribution in [-0.4, -0.2) is 65.8 Å². The summed E-state index contributed by atoms with van der Waals surface area (Å²) in [4.78, 5) is 39.3. The number of thioether (sulfide) groups is 1. The maximum absolute atomic E-state index is 13.0. The Morgan fingerprint density at radius 3 is 2.54 bits per heavy atom. The van der Waals surface area contributed by atoms with Gasteiger partial charge in [0, 0.05) is 36.6 Å². The number of benzene rings is 1. The number of methoxy groups -OCH3 is 1. The number of rotatable bonds is 6. The van der Waals surface area contributed by atoms with Crippen LogP contribution in [0.1, 0.15) is 27.7 Å². The molecule has 0 spiro atoms. The molecule has 1 fully saturated rings. The number of amides is 1. The van der Waals surface area contributed by atoms with Crippen molar-refractivity contribution in [2.75, 3.05) is 43.9 Å². The summed E-state index contributed by atoms with van der Waals surface area (Å²) in [6.07, 6.45) is -3.65. The lowest BCUT2D eigenvalue weighted by molar-refractivity contribution is -0.138. The Bertz CT molecular complexity index is 1240. The van der Waals surface area contributed by atoms with E-state index in [0.717, 1.165) is 39.5 Å². The third-order valence-corrected chi connectivity index (χ3v) is 7.60. The number of hydrogen-bond acceptors (Lipinski definition) is 8. The lowest BCUT2D eigenvalue weighted by Crippen LogP contribution is -2.49. The molecule has 0 saturated carbocycles. The Balaban J connectivity index is 1.53. The summed E-state index contributed by atoms with van der Waals surface area (Å²) in [5, 5.41) is 1.37. The van der Waals surface area contributed by atoms with E-state index in [2.05, 4.69) is 18.0 Å². The molecule has 12 heteroatoms. The number of anilines is 1. The highest BCUT2D eigenvalue weighted by molar-refractivity contribution is 7.99. The first-order valence-electron chi connectivity index (χ1n) is 10.9. The molecule has 0 radical (unpaired) electrons. The first kappa shape index (κ1) is 25.2. The summed E-state index contributed by atoms with van der Waals surface area (Å²) in [5.41, 5.74) is -0.823. The van der Waals surface area contributed by atoms with Gasteiger partial charge in [-0.1, -0.05) is 24.8 Å². The maximum atomic E-state index is 13.0. The average molecular weight is 525 g/mol. The van der Waals surface area contributed by atoms with E-state index in [4.69, 9.17) is 9.72 Å². The zero-order valence-corrected chi connectivity index (χ0v) is 20.7. The largest absolute Gasteiger partial charge is 0.468 e. The minimum Gasteiger partial charge on any atom is -0.468 e. The van der Waals surface area contributed by atoms with Gasteiger partial charge in [0.05, 0.1) is 23.8 Å². The molecular weight excluding hydrogens is 501 g/mol. The van der Waals surface area contributed by atoms with Crippen LogP contribution in [0.2, 0.25) is 0 Å². The highest BCUT2D eigenvalue weighted by Crippen LogP contribution is 2.34. The quantitative estimate of drug-likeness (QED) is 0.267. The number of ether oxygens (including phenoxy) is 1. The number of esters is 1. The summed E-state index contributed by atoms with van der Waals surface area (Å²) >= 11 is 2.77. The number of hydrogen-bond donors (Lipinski definition) is 0. The zero-order valence-electron chi connectivity index (χ0n) is 19.1. The van der Waals surface area contributed by atoms with Crippen molar-refractivity contribution < 1.29 is 27.5 Å². The molecule has 186 valence electrons. The zero-order chi connectivity index (χ0) is 25.2. The predicted molar refractivity (Wildman–Crippen MR) is 129 cm³/mol. The fourth-order valence-electron chi connectivity index (χ4n) is 3.73. The molecule has 1 aliphatic rings. The highest BCUT2D eigenvalue weighted by Gasteiger charge is 2.32. The summed E-state index contributed by atoms with van der Waals surface area (Å²) in [6, 6.07) is 6.56. The summed E-state index contributed by atoms with van der Waals surface area (Å²) in [5.74, 6) is 0.0146. The number of halogens is 3. The van der Waals surface area contributed by atoms with Gasteiger partial charge in [-0.05, 0) is 30.7 Å². The molecule has 1 saturated heterocycles. The van der Waals surface area contributed by atoms with Crippen LogP contribution in [0.3, 0.4) is 0 Å². The molecule has 2 aromatic heterocycles. The average Bonchev–Trinajstić information content (AvgIpc) is 3.29. The van der Waals surface area contributed by atoms with Gasteiger partial charge >= 0.3 is 12.1 Å². The maximum Gasteiger partial charge on any atom is 0.416 e. The Hall–Kier alpha value is -2.86. The van der Waals surface area contributed by atoms with Gasteiger partial charge in [-0.15, -0.1) is 11.3 Å². The number of piperazine rings is 1. The fraction of sp³-hybridized carbons (Fsp3) is 0.391. The van der Waals surface area contributed by atoms with Crippen molar-refractivity contribution >= 4 is 51.0 Å². The highest BCUT2D eigenvalue weighted by atomic mass is 32.2. The number of carbonyl (C=O) groups is 2. The Morgan fingerprint density at radius 1 is 1.14 bits per heavy atom. The van der Waals surface area contributed by atoms with E-state index in [9.17, 15) is 22.8 Å². The van der Waals surface area contributed by atoms with E-state index in [1.54, 1.807) is 16.2 Å². The van der Waals surface area contributed by atoms with E-state index in [-0.39, 0.29) is 17.3 Å². The molecule has 0 N–H and O–H groups in total. The van der Waals surface area contributed by atoms with Gasteiger partial charge in [0.25, 0.3) is 5.91 Å². The summed E-state index contributed by atoms with van der Waals surface area (Å²) < 4.78 is 43.8. The van der Waals surface area contributed by atoms with Crippen molar-refractivity contribution in [2.45, 2.75) is 24.7 Å². The van der Waals surface area contributed by atoms with Crippen molar-refractivity contribution in [1.82, 2.24) is 14.9 Å². The SMILES string of the molecule is CCc1cc2c(N3CCN(C(=O)c4cccc(C(F)(F)F)c4)CC3)nc(SCC(=O)OC)nc2s1. The number of fused-ring (bicyclic) bond motifs is 1. The normalized spacial score (nSPS) is 14.4. The minimum atomic E-state index is -4.51. The molecule has 0 unspecified atom stereocenters. The molecule has 7 nitrogen and oxygen atoms in total. The fourth-order valence-corrected chi connectivity index (χ4v) is 5.42. The predicted octanol–water partition coefficient (Wildman–Crippen LogP) is 4.50. The Morgan fingerprint density at radius 2 is 1.89 bits per heavy atom. The summed E-state index contributed by atoms with van der Waals surface area (Å²) in [7, 11) is 1.32. The Kier molecular flexibility index (Phi) is 7.50. The Labute approximate surface area is 208 Å². The molecule has 0 atom stereocenters. The lowest BCUT2D eigenvalue weighted by atomic mass is 10.1. The smallest absolute Gasteiger partial charge is 0.416 e. The topological polar surface area (TPSA) is 75.6 Å². The number of nitrogens with zero attached hydrogens (tertiary/aromatic N) is 4. The van der Waals surface area contributed by atoms with Crippen LogP contribution < -0.4 is 4.90 Å². The molecule has 0 aliphatic carbocycles. The molecule has 4 rings (SSSR count). The van der Waals surface area contributed by atoms with Gasteiger partial charge in [-0.2, -0.15) is 13.2 Å². The van der Waals surface area contributed by atoms with Crippen molar-refractivity contribution in [1.29, 1.82) is 0 Å². The van der Waals surface area contributed by atoms with Crippen LogP contribution in [0.25, 0.3) is 10.2 Å². The number of aryl methyl sites for hydroxylation is 1. The van der Waals surface area contributed by atoms with Crippen molar-refractivity contribution in [3.63, 3.8) is 0 Å². The molecule has 3 heterocycles. The van der Waals surface area contributed by atoms with Gasteiger partial charge in [-0.25, -0.2) is 9.97 Å². The second kappa shape index (κ2) is 10.4. The van der Waals surface area contributed by atoms with E-state index >= 15 is 0 Å². The van der Waals surface area contributed by atoms with Crippen LogP contribution in [0.5, 0.6) is 0 Å². The number of alkyl halides is 3. The molecule has 1 amide bonds. The lowest BCUT2D eigenvalue weighted by Gasteiger charge is -2.35. The van der Waals surface area contributed by atoms with Gasteiger partial charge in [0.1, 0.15) is 10.6 Å². The van der Waals surface area contributed by atoms with Gasteiger partial charge < -0.3 is 14.5 Å². The third kappa shape index (κ3) is 5.69. The van der Waals surface area contributed by atoms with E-state index in [1.165, 1.54) is 31.0 Å². The molecule has 0 bridgehead atoms. The van der Waals surface area contributed by atoms with Gasteiger partial charge in [0.15, 0.2) is 5.16 Å². The number of thiophene rings is 1. The van der Waals surface area contributed by atoms with E-state index in [0.29, 0.717) is 31.3 Å². The number of carbonyl (C=O) groups excluding carboxylic acids is 2. The molecule has 3 aromatic rings. The molecule has 35 heavy (non-hydrogen) atoms. The van der Waals surface area contributed by atoms with Crippen molar-refractivity contribution in [2.24, 2.45) is 0 Å². The second-order valence-corrected chi connectivity index (χ2v) is 9.90. The second-order valence-electron chi connectivity index (χ2n) is 7.84. The monoisotopic (exact) mass is 524 g/mol.